The molecule has 2 atom stereocenters. The van der Waals surface area contributed by atoms with E-state index in [4.69, 9.17) is 11.6 Å². The van der Waals surface area contributed by atoms with Gasteiger partial charge in [0.15, 0.2) is 5.78 Å². The second-order valence-corrected chi connectivity index (χ2v) is 9.32. The van der Waals surface area contributed by atoms with Crippen molar-refractivity contribution in [2.45, 2.75) is 32.1 Å². The topological polar surface area (TPSA) is 97.2 Å². The smallest absolute Gasteiger partial charge is 0.248 e. The zero-order valence-electron chi connectivity index (χ0n) is 19.9. The number of aromatic nitrogens is 3. The van der Waals surface area contributed by atoms with Crippen molar-refractivity contribution < 1.29 is 18.8 Å². The number of amides is 2. The molecule has 0 unspecified atom stereocenters. The number of nitrogens with zero attached hydrogens (tertiary/aromatic N) is 4. The van der Waals surface area contributed by atoms with Crippen LogP contribution in [0.4, 0.5) is 10.2 Å². The number of halogens is 2. The predicted octanol–water partition coefficient (Wildman–Crippen LogP) is 4.53. The average Bonchev–Trinajstić information content (AvgIpc) is 3.45. The van der Waals surface area contributed by atoms with E-state index in [1.807, 2.05) is 30.3 Å². The number of anilines is 1. The Hall–Kier alpha value is -4.11. The van der Waals surface area contributed by atoms with Crippen LogP contribution in [0.2, 0.25) is 5.15 Å². The van der Waals surface area contributed by atoms with Gasteiger partial charge in [-0.25, -0.2) is 9.37 Å². The van der Waals surface area contributed by atoms with Gasteiger partial charge in [0.25, 0.3) is 0 Å². The number of fused-ring (bicyclic) bond motifs is 1. The van der Waals surface area contributed by atoms with Crippen molar-refractivity contribution in [2.75, 3.05) is 11.9 Å². The molecule has 1 fully saturated rings. The van der Waals surface area contributed by atoms with E-state index in [-0.39, 0.29) is 36.3 Å². The third-order valence-electron chi connectivity index (χ3n) is 6.40. The molecular formula is C27H23ClFN5O3. The summed E-state index contributed by atoms with van der Waals surface area (Å²) in [5.74, 6) is -0.885. The molecule has 4 heterocycles. The minimum absolute atomic E-state index is 0.113. The summed E-state index contributed by atoms with van der Waals surface area (Å²) in [4.78, 5) is 48.0. The molecule has 8 nitrogen and oxygen atoms in total. The van der Waals surface area contributed by atoms with Gasteiger partial charge in [0.1, 0.15) is 29.7 Å². The average molecular weight is 520 g/mol. The second-order valence-electron chi connectivity index (χ2n) is 8.93. The van der Waals surface area contributed by atoms with Crippen LogP contribution in [0, 0.1) is 0 Å². The number of ketones is 1. The fourth-order valence-corrected chi connectivity index (χ4v) is 4.82. The van der Waals surface area contributed by atoms with E-state index in [2.05, 4.69) is 15.3 Å². The second kappa shape index (κ2) is 10.1. The van der Waals surface area contributed by atoms with Crippen molar-refractivity contribution in [1.82, 2.24) is 19.4 Å². The van der Waals surface area contributed by atoms with Crippen LogP contribution in [-0.2, 0) is 16.1 Å². The molecule has 4 aromatic rings. The monoisotopic (exact) mass is 519 g/mol. The van der Waals surface area contributed by atoms with Gasteiger partial charge in [-0.3, -0.25) is 19.4 Å². The van der Waals surface area contributed by atoms with Crippen LogP contribution in [0.15, 0.2) is 67.1 Å². The number of likely N-dealkylation sites (tertiary alicyclic amines) is 1. The van der Waals surface area contributed by atoms with Crippen molar-refractivity contribution in [1.29, 1.82) is 0 Å². The molecule has 1 aliphatic rings. The highest BCUT2D eigenvalue weighted by Crippen LogP contribution is 2.29. The van der Waals surface area contributed by atoms with Crippen molar-refractivity contribution in [3.05, 3.63) is 77.8 Å². The van der Waals surface area contributed by atoms with E-state index >= 15 is 0 Å². The number of benzene rings is 1. The molecule has 0 radical (unpaired) electrons. The molecule has 3 aromatic heterocycles. The van der Waals surface area contributed by atoms with Crippen LogP contribution >= 0.6 is 11.6 Å². The minimum atomic E-state index is -1.33. The standard InChI is InChI=1S/C27H23ClFN5O3/c1-16(35)21-14-33(22-8-7-17(10-20(21)22)18-4-3-9-30-12-18)15-26(36)34-13-19(29)11-23(34)27(37)32-25-6-2-5-24(28)31-25/h2-10,12,14,19,23H,11,13,15H2,1H3,(H,31,32,37)/t19-,23+/m1/s1. The number of carbonyl (C=O) groups excluding carboxylic acids is 3. The molecule has 188 valence electrons. The third kappa shape index (κ3) is 5.08. The number of pyridine rings is 2. The van der Waals surface area contributed by atoms with Gasteiger partial charge in [0, 0.05) is 47.0 Å². The van der Waals surface area contributed by atoms with Crippen LogP contribution in [0.1, 0.15) is 23.7 Å². The van der Waals surface area contributed by atoms with Crippen molar-refractivity contribution in [3.8, 4) is 11.1 Å². The number of hydrogen-bond acceptors (Lipinski definition) is 5. The Balaban J connectivity index is 1.41. The summed E-state index contributed by atoms with van der Waals surface area (Å²) >= 11 is 5.88. The van der Waals surface area contributed by atoms with Crippen LogP contribution in [-0.4, -0.2) is 55.8 Å². The normalized spacial score (nSPS) is 17.2. The van der Waals surface area contributed by atoms with Crippen LogP contribution in [0.3, 0.4) is 0 Å². The van der Waals surface area contributed by atoms with Gasteiger partial charge in [-0.15, -0.1) is 0 Å². The fourth-order valence-electron chi connectivity index (χ4n) is 4.65. The van der Waals surface area contributed by atoms with Crippen LogP contribution in [0.5, 0.6) is 0 Å². The van der Waals surface area contributed by atoms with E-state index in [0.29, 0.717) is 16.5 Å². The first-order chi connectivity index (χ1) is 17.8. The van der Waals surface area contributed by atoms with Gasteiger partial charge in [-0.1, -0.05) is 29.8 Å². The lowest BCUT2D eigenvalue weighted by molar-refractivity contribution is -0.137. The van der Waals surface area contributed by atoms with E-state index in [1.165, 1.54) is 11.8 Å². The highest BCUT2D eigenvalue weighted by molar-refractivity contribution is 6.29. The Morgan fingerprint density at radius 2 is 1.97 bits per heavy atom. The molecule has 1 aromatic carbocycles. The van der Waals surface area contributed by atoms with Gasteiger partial charge in [0.2, 0.25) is 11.8 Å². The van der Waals surface area contributed by atoms with E-state index < -0.39 is 24.0 Å². The Morgan fingerprint density at radius 3 is 2.70 bits per heavy atom. The van der Waals surface area contributed by atoms with E-state index in [0.717, 1.165) is 11.1 Å². The van der Waals surface area contributed by atoms with Gasteiger partial charge < -0.3 is 14.8 Å². The molecule has 37 heavy (non-hydrogen) atoms. The molecule has 1 saturated heterocycles. The summed E-state index contributed by atoms with van der Waals surface area (Å²) in [7, 11) is 0. The molecule has 1 aliphatic heterocycles. The third-order valence-corrected chi connectivity index (χ3v) is 6.61. The summed E-state index contributed by atoms with van der Waals surface area (Å²) < 4.78 is 16.1. The highest BCUT2D eigenvalue weighted by Gasteiger charge is 2.40. The molecule has 0 bridgehead atoms. The van der Waals surface area contributed by atoms with Crippen LogP contribution in [0.25, 0.3) is 22.0 Å². The first-order valence-corrected chi connectivity index (χ1v) is 12.1. The first-order valence-electron chi connectivity index (χ1n) is 11.7. The van der Waals surface area contributed by atoms with E-state index in [9.17, 15) is 18.8 Å². The number of nitrogens with one attached hydrogen (secondary N) is 1. The summed E-state index contributed by atoms with van der Waals surface area (Å²) in [6.45, 7) is 1.13. The zero-order chi connectivity index (χ0) is 26.1. The highest BCUT2D eigenvalue weighted by atomic mass is 35.5. The summed E-state index contributed by atoms with van der Waals surface area (Å²) in [6.07, 6.45) is 3.61. The first kappa shape index (κ1) is 24.6. The van der Waals surface area contributed by atoms with E-state index in [1.54, 1.807) is 41.4 Å². The quantitative estimate of drug-likeness (QED) is 0.298. The molecule has 0 spiro atoms. The van der Waals surface area contributed by atoms with Crippen molar-refractivity contribution >= 4 is 45.9 Å². The maximum Gasteiger partial charge on any atom is 0.248 e. The summed E-state index contributed by atoms with van der Waals surface area (Å²) in [5.41, 5.74) is 2.95. The molecule has 0 aliphatic carbocycles. The molecule has 1 N–H and O–H groups in total. The number of hydrogen-bond donors (Lipinski definition) is 1. The van der Waals surface area contributed by atoms with Crippen LogP contribution < -0.4 is 5.32 Å². The molecular weight excluding hydrogens is 497 g/mol. The number of rotatable bonds is 6. The molecule has 0 saturated carbocycles. The van der Waals surface area contributed by atoms with Crippen molar-refractivity contribution in [3.63, 3.8) is 0 Å². The predicted molar refractivity (Wildman–Crippen MR) is 138 cm³/mol. The lowest BCUT2D eigenvalue weighted by atomic mass is 10.0. The maximum atomic E-state index is 14.4. The molecule has 2 amide bonds. The van der Waals surface area contributed by atoms with Gasteiger partial charge in [0.05, 0.1) is 6.54 Å². The van der Waals surface area contributed by atoms with Gasteiger partial charge in [-0.2, -0.15) is 0 Å². The number of carbonyl (C=O) groups is 3. The SMILES string of the molecule is CC(=O)c1cn(CC(=O)N2C[C@H](F)C[C@H]2C(=O)Nc2cccc(Cl)n2)c2ccc(-c3cccnc3)cc12. The number of alkyl halides is 1. The van der Waals surface area contributed by atoms with Crippen molar-refractivity contribution in [2.24, 2.45) is 0 Å². The Morgan fingerprint density at radius 1 is 1.14 bits per heavy atom. The molecule has 10 heteroatoms. The Labute approximate surface area is 217 Å². The lowest BCUT2D eigenvalue weighted by Gasteiger charge is -2.24. The number of Topliss-reactive ketones (excluding diaryl/α,β-unsaturated/α-hetero) is 1. The maximum absolute atomic E-state index is 14.4. The minimum Gasteiger partial charge on any atom is -0.337 e. The van der Waals surface area contributed by atoms with Gasteiger partial charge in [-0.05, 0) is 42.8 Å². The Kier molecular flexibility index (Phi) is 6.71. The summed E-state index contributed by atoms with van der Waals surface area (Å²) in [6, 6.07) is 13.2. The summed E-state index contributed by atoms with van der Waals surface area (Å²) in [5, 5.41) is 3.52. The lowest BCUT2D eigenvalue weighted by Crippen LogP contribution is -2.44. The molecule has 5 rings (SSSR count). The fraction of sp³-hybridized carbons (Fsp3) is 0.222. The zero-order valence-corrected chi connectivity index (χ0v) is 20.7. The largest absolute Gasteiger partial charge is 0.337 e. The Bertz CT molecular complexity index is 1510. The van der Waals surface area contributed by atoms with Gasteiger partial charge >= 0.3 is 0 Å².